The minimum atomic E-state index is -0.160. The Labute approximate surface area is 150 Å². The number of hydrogen-bond donors (Lipinski definition) is 1. The smallest absolute Gasteiger partial charge is 0.264 e. The number of rotatable bonds is 4. The summed E-state index contributed by atoms with van der Waals surface area (Å²) in [5.41, 5.74) is 2.76. The average Bonchev–Trinajstić information content (AvgIpc) is 2.96. The van der Waals surface area contributed by atoms with Gasteiger partial charge in [-0.05, 0) is 54.1 Å². The molecule has 2 aromatic rings. The minimum absolute atomic E-state index is 0.160. The molecule has 0 bridgehead atoms. The number of amidine groups is 1. The van der Waals surface area contributed by atoms with Gasteiger partial charge in [-0.1, -0.05) is 24.3 Å². The number of carbonyl (C=O) groups excluding carboxylic acids is 1. The number of aliphatic imine (C=N–C) groups is 1. The van der Waals surface area contributed by atoms with Crippen molar-refractivity contribution >= 4 is 34.6 Å². The number of hydrogen-bond acceptors (Lipinski definition) is 5. The minimum Gasteiger partial charge on any atom is -0.493 e. The lowest BCUT2D eigenvalue weighted by Crippen LogP contribution is -2.19. The van der Waals surface area contributed by atoms with Crippen LogP contribution in [0.2, 0.25) is 0 Å². The monoisotopic (exact) mass is 354 g/mol. The molecule has 0 unspecified atom stereocenters. The van der Waals surface area contributed by atoms with Crippen molar-refractivity contribution in [2.45, 2.75) is 6.92 Å². The first kappa shape index (κ1) is 17.1. The summed E-state index contributed by atoms with van der Waals surface area (Å²) in [6, 6.07) is 13.3. The fourth-order valence-electron chi connectivity index (χ4n) is 2.37. The maximum absolute atomic E-state index is 12.2. The van der Waals surface area contributed by atoms with Gasteiger partial charge in [0.25, 0.3) is 5.91 Å². The molecular weight excluding hydrogens is 336 g/mol. The van der Waals surface area contributed by atoms with Crippen LogP contribution in [-0.4, -0.2) is 25.3 Å². The summed E-state index contributed by atoms with van der Waals surface area (Å²) >= 11 is 1.32. The molecule has 0 spiro atoms. The Morgan fingerprint density at radius 2 is 1.84 bits per heavy atom. The number of benzene rings is 2. The highest BCUT2D eigenvalue weighted by Crippen LogP contribution is 2.32. The molecule has 3 rings (SSSR count). The van der Waals surface area contributed by atoms with Crippen LogP contribution in [0.4, 0.5) is 5.69 Å². The van der Waals surface area contributed by atoms with E-state index in [9.17, 15) is 4.79 Å². The summed E-state index contributed by atoms with van der Waals surface area (Å²) in [4.78, 5) is 17.3. The summed E-state index contributed by atoms with van der Waals surface area (Å²) in [5.74, 6) is 1.11. The van der Waals surface area contributed by atoms with E-state index in [4.69, 9.17) is 9.47 Å². The number of aryl methyl sites for hydroxylation is 1. The molecule has 0 aliphatic carbocycles. The lowest BCUT2D eigenvalue weighted by molar-refractivity contribution is -0.115. The molecule has 1 N–H and O–H groups in total. The third-order valence-corrected chi connectivity index (χ3v) is 4.60. The largest absolute Gasteiger partial charge is 0.493 e. The number of nitrogens with one attached hydrogen (secondary N) is 1. The van der Waals surface area contributed by atoms with Crippen LogP contribution in [0.5, 0.6) is 11.5 Å². The first-order valence-corrected chi connectivity index (χ1v) is 8.49. The van der Waals surface area contributed by atoms with Crippen LogP contribution in [-0.2, 0) is 4.79 Å². The number of carbonyl (C=O) groups is 1. The Morgan fingerprint density at radius 3 is 2.56 bits per heavy atom. The number of para-hydroxylation sites is 1. The number of thioether (sulfide) groups is 1. The van der Waals surface area contributed by atoms with Crippen molar-refractivity contribution in [3.8, 4) is 11.5 Å². The molecule has 2 aromatic carbocycles. The van der Waals surface area contributed by atoms with Gasteiger partial charge in [0, 0.05) is 0 Å². The quantitative estimate of drug-likeness (QED) is 0.846. The van der Waals surface area contributed by atoms with Crippen LogP contribution < -0.4 is 14.8 Å². The Hall–Kier alpha value is -2.73. The molecule has 1 saturated heterocycles. The van der Waals surface area contributed by atoms with Crippen LogP contribution in [0.15, 0.2) is 52.4 Å². The van der Waals surface area contributed by atoms with E-state index < -0.39 is 0 Å². The van der Waals surface area contributed by atoms with Crippen molar-refractivity contribution < 1.29 is 14.3 Å². The van der Waals surface area contributed by atoms with Gasteiger partial charge < -0.3 is 14.8 Å². The van der Waals surface area contributed by atoms with Gasteiger partial charge in [-0.2, -0.15) is 0 Å². The van der Waals surface area contributed by atoms with Crippen LogP contribution in [0.1, 0.15) is 11.1 Å². The fourth-order valence-corrected chi connectivity index (χ4v) is 3.21. The van der Waals surface area contributed by atoms with Gasteiger partial charge in [-0.25, -0.2) is 4.99 Å². The van der Waals surface area contributed by atoms with Crippen molar-refractivity contribution in [2.75, 3.05) is 14.2 Å². The summed E-state index contributed by atoms with van der Waals surface area (Å²) < 4.78 is 10.5. The normalized spacial score (nSPS) is 17.0. The molecule has 1 aliphatic heterocycles. The highest BCUT2D eigenvalue weighted by Gasteiger charge is 2.24. The second kappa shape index (κ2) is 7.44. The van der Waals surface area contributed by atoms with Gasteiger partial charge in [-0.3, -0.25) is 4.79 Å². The van der Waals surface area contributed by atoms with Crippen molar-refractivity contribution in [3.05, 3.63) is 58.5 Å². The van der Waals surface area contributed by atoms with Crippen molar-refractivity contribution in [1.29, 1.82) is 0 Å². The fraction of sp³-hybridized carbons (Fsp3) is 0.158. The zero-order valence-corrected chi connectivity index (χ0v) is 15.0. The van der Waals surface area contributed by atoms with Crippen molar-refractivity contribution in [2.24, 2.45) is 4.99 Å². The van der Waals surface area contributed by atoms with Gasteiger partial charge >= 0.3 is 0 Å². The summed E-state index contributed by atoms with van der Waals surface area (Å²) in [6.07, 6.45) is 1.81. The molecule has 0 atom stereocenters. The number of ether oxygens (including phenoxy) is 2. The Bertz CT molecular complexity index is 875. The van der Waals surface area contributed by atoms with Gasteiger partial charge in [0.2, 0.25) is 0 Å². The van der Waals surface area contributed by atoms with E-state index in [0.29, 0.717) is 21.6 Å². The third kappa shape index (κ3) is 3.85. The van der Waals surface area contributed by atoms with Gasteiger partial charge in [-0.15, -0.1) is 0 Å². The van der Waals surface area contributed by atoms with E-state index in [0.717, 1.165) is 16.8 Å². The second-order valence-corrected chi connectivity index (χ2v) is 6.41. The van der Waals surface area contributed by atoms with Crippen molar-refractivity contribution in [1.82, 2.24) is 5.32 Å². The van der Waals surface area contributed by atoms with Crippen LogP contribution >= 0.6 is 11.8 Å². The van der Waals surface area contributed by atoms with Gasteiger partial charge in [0.05, 0.1) is 24.8 Å². The first-order valence-electron chi connectivity index (χ1n) is 7.68. The van der Waals surface area contributed by atoms with E-state index in [1.54, 1.807) is 14.2 Å². The molecule has 25 heavy (non-hydrogen) atoms. The van der Waals surface area contributed by atoms with Crippen LogP contribution in [0, 0.1) is 6.92 Å². The highest BCUT2D eigenvalue weighted by atomic mass is 32.2. The van der Waals surface area contributed by atoms with Crippen LogP contribution in [0.3, 0.4) is 0 Å². The zero-order chi connectivity index (χ0) is 17.8. The van der Waals surface area contributed by atoms with E-state index in [1.165, 1.54) is 11.8 Å². The predicted molar refractivity (Wildman–Crippen MR) is 102 cm³/mol. The molecule has 1 heterocycles. The molecule has 5 nitrogen and oxygen atoms in total. The molecule has 6 heteroatoms. The summed E-state index contributed by atoms with van der Waals surface area (Å²) in [7, 11) is 3.17. The molecule has 1 amide bonds. The predicted octanol–water partition coefficient (Wildman–Crippen LogP) is 3.90. The Balaban J connectivity index is 1.86. The highest BCUT2D eigenvalue weighted by molar-refractivity contribution is 8.18. The topological polar surface area (TPSA) is 59.9 Å². The standard InChI is InChI=1S/C19H18N2O3S/c1-12-6-4-5-7-14(12)20-19-21-18(22)17(25-19)11-13-8-9-15(23-2)16(10-13)24-3/h4-11H,1-3H3,(H,20,21,22). The zero-order valence-electron chi connectivity index (χ0n) is 14.2. The Morgan fingerprint density at radius 1 is 1.08 bits per heavy atom. The lowest BCUT2D eigenvalue weighted by Gasteiger charge is -2.07. The molecule has 128 valence electrons. The molecule has 0 saturated carbocycles. The molecule has 1 fully saturated rings. The lowest BCUT2D eigenvalue weighted by atomic mass is 10.2. The second-order valence-electron chi connectivity index (χ2n) is 5.38. The first-order chi connectivity index (χ1) is 12.1. The molecule has 1 aliphatic rings. The summed E-state index contributed by atoms with van der Waals surface area (Å²) in [5, 5.41) is 3.38. The van der Waals surface area contributed by atoms with Crippen molar-refractivity contribution in [3.63, 3.8) is 0 Å². The van der Waals surface area contributed by atoms with Crippen LogP contribution in [0.25, 0.3) is 6.08 Å². The Kier molecular flexibility index (Phi) is 5.09. The molecule has 0 radical (unpaired) electrons. The van der Waals surface area contributed by atoms with E-state index in [2.05, 4.69) is 10.3 Å². The SMILES string of the molecule is COc1ccc(C=C2SC(=Nc3ccccc3C)NC2=O)cc1OC. The third-order valence-electron chi connectivity index (χ3n) is 3.69. The van der Waals surface area contributed by atoms with E-state index in [-0.39, 0.29) is 5.91 Å². The maximum Gasteiger partial charge on any atom is 0.264 e. The summed E-state index contributed by atoms with van der Waals surface area (Å²) in [6.45, 7) is 1.99. The van der Waals surface area contributed by atoms with Gasteiger partial charge in [0.15, 0.2) is 16.7 Å². The number of nitrogens with zero attached hydrogens (tertiary/aromatic N) is 1. The average molecular weight is 354 g/mol. The number of methoxy groups -OCH3 is 2. The van der Waals surface area contributed by atoms with E-state index >= 15 is 0 Å². The van der Waals surface area contributed by atoms with Gasteiger partial charge in [0.1, 0.15) is 0 Å². The maximum atomic E-state index is 12.2. The molecular formula is C19H18N2O3S. The molecule has 0 aromatic heterocycles. The van der Waals surface area contributed by atoms with E-state index in [1.807, 2.05) is 55.5 Å². The number of amides is 1.